The third-order valence-electron chi connectivity index (χ3n) is 4.79. The number of rotatable bonds is 4. The first-order chi connectivity index (χ1) is 10.3. The Morgan fingerprint density at radius 1 is 1.24 bits per heavy atom. The molecule has 0 saturated carbocycles. The van der Waals surface area contributed by atoms with Crippen molar-refractivity contribution in [2.24, 2.45) is 0 Å². The molecule has 2 aliphatic heterocycles. The summed E-state index contributed by atoms with van der Waals surface area (Å²) in [5.74, 6) is 0. The molecule has 1 atom stereocenters. The molecule has 2 aliphatic rings. The lowest BCUT2D eigenvalue weighted by atomic mass is 10.1. The maximum absolute atomic E-state index is 6.46. The van der Waals surface area contributed by atoms with Crippen LogP contribution in [0.15, 0.2) is 18.2 Å². The van der Waals surface area contributed by atoms with Gasteiger partial charge in [0.05, 0.1) is 0 Å². The third kappa shape index (κ3) is 3.36. The fourth-order valence-electron chi connectivity index (χ4n) is 3.69. The summed E-state index contributed by atoms with van der Waals surface area (Å²) in [6.45, 7) is 8.81. The Labute approximate surface area is 133 Å². The minimum atomic E-state index is 0.735. The van der Waals surface area contributed by atoms with Crippen molar-refractivity contribution in [2.75, 3.05) is 37.6 Å². The molecule has 21 heavy (non-hydrogen) atoms. The van der Waals surface area contributed by atoms with Crippen LogP contribution in [0.3, 0.4) is 0 Å². The Bertz CT molecular complexity index is 477. The van der Waals surface area contributed by atoms with E-state index in [1.165, 1.54) is 43.6 Å². The van der Waals surface area contributed by atoms with Gasteiger partial charge >= 0.3 is 0 Å². The summed E-state index contributed by atoms with van der Waals surface area (Å²) in [5, 5.41) is 4.32. The van der Waals surface area contributed by atoms with Crippen molar-refractivity contribution in [2.45, 2.75) is 38.8 Å². The fraction of sp³-hybridized carbons (Fsp3) is 0.647. The van der Waals surface area contributed by atoms with Crippen LogP contribution < -0.4 is 10.2 Å². The predicted octanol–water partition coefficient (Wildman–Crippen LogP) is 3.12. The van der Waals surface area contributed by atoms with E-state index in [4.69, 9.17) is 11.6 Å². The molecule has 0 spiro atoms. The van der Waals surface area contributed by atoms with Crippen molar-refractivity contribution in [3.63, 3.8) is 0 Å². The first-order valence-electron chi connectivity index (χ1n) is 8.26. The Morgan fingerprint density at radius 3 is 2.95 bits per heavy atom. The van der Waals surface area contributed by atoms with Gasteiger partial charge < -0.3 is 10.2 Å². The van der Waals surface area contributed by atoms with Crippen molar-refractivity contribution < 1.29 is 0 Å². The molecule has 0 radical (unpaired) electrons. The average molecular weight is 308 g/mol. The number of nitrogens with zero attached hydrogens (tertiary/aromatic N) is 2. The second-order valence-corrected chi connectivity index (χ2v) is 6.56. The molecule has 2 fully saturated rings. The highest BCUT2D eigenvalue weighted by molar-refractivity contribution is 6.31. The molecule has 2 heterocycles. The van der Waals surface area contributed by atoms with Gasteiger partial charge in [-0.15, -0.1) is 0 Å². The SMILES string of the molecule is CCNCc1c(Cl)cccc1N1CCCN2CCCC2C1. The van der Waals surface area contributed by atoms with E-state index in [0.717, 1.165) is 37.2 Å². The maximum atomic E-state index is 6.46. The summed E-state index contributed by atoms with van der Waals surface area (Å²) >= 11 is 6.46. The second-order valence-electron chi connectivity index (χ2n) is 6.15. The largest absolute Gasteiger partial charge is 0.370 e. The van der Waals surface area contributed by atoms with Crippen molar-refractivity contribution in [3.05, 3.63) is 28.8 Å². The van der Waals surface area contributed by atoms with Crippen molar-refractivity contribution in [3.8, 4) is 0 Å². The monoisotopic (exact) mass is 307 g/mol. The van der Waals surface area contributed by atoms with Crippen LogP contribution in [0.4, 0.5) is 5.69 Å². The molecule has 1 aromatic rings. The Hall–Kier alpha value is -0.770. The molecule has 1 N–H and O–H groups in total. The molecule has 3 rings (SSSR count). The van der Waals surface area contributed by atoms with E-state index >= 15 is 0 Å². The van der Waals surface area contributed by atoms with Crippen LogP contribution in [0.2, 0.25) is 5.02 Å². The molecule has 0 aromatic heterocycles. The normalized spacial score (nSPS) is 23.1. The number of benzene rings is 1. The van der Waals surface area contributed by atoms with E-state index in [1.807, 2.05) is 6.07 Å². The predicted molar refractivity (Wildman–Crippen MR) is 90.3 cm³/mol. The molecule has 116 valence electrons. The highest BCUT2D eigenvalue weighted by Gasteiger charge is 2.29. The first kappa shape index (κ1) is 15.1. The molecule has 0 aliphatic carbocycles. The zero-order valence-electron chi connectivity index (χ0n) is 12.9. The van der Waals surface area contributed by atoms with Gasteiger partial charge in [-0.1, -0.05) is 24.6 Å². The second kappa shape index (κ2) is 6.99. The molecule has 0 amide bonds. The summed E-state index contributed by atoms with van der Waals surface area (Å²) in [4.78, 5) is 5.24. The lowest BCUT2D eigenvalue weighted by Crippen LogP contribution is -2.37. The van der Waals surface area contributed by atoms with Gasteiger partial charge in [0.25, 0.3) is 0 Å². The standard InChI is InChI=1S/C17H26ClN3/c1-2-19-12-15-16(18)7-3-8-17(15)21-11-5-10-20-9-4-6-14(20)13-21/h3,7-8,14,19H,2,4-6,9-13H2,1H3. The number of hydrogen-bond donors (Lipinski definition) is 1. The third-order valence-corrected chi connectivity index (χ3v) is 5.14. The maximum Gasteiger partial charge on any atom is 0.0471 e. The van der Waals surface area contributed by atoms with Gasteiger partial charge in [0.2, 0.25) is 0 Å². The quantitative estimate of drug-likeness (QED) is 0.922. The van der Waals surface area contributed by atoms with E-state index in [1.54, 1.807) is 0 Å². The Balaban J connectivity index is 1.83. The summed E-state index contributed by atoms with van der Waals surface area (Å²) in [7, 11) is 0. The number of anilines is 1. The van der Waals surface area contributed by atoms with Crippen LogP contribution in [-0.2, 0) is 6.54 Å². The number of nitrogens with one attached hydrogen (secondary N) is 1. The van der Waals surface area contributed by atoms with Crippen molar-refractivity contribution in [1.29, 1.82) is 0 Å². The van der Waals surface area contributed by atoms with Crippen LogP contribution in [0.1, 0.15) is 31.7 Å². The Kier molecular flexibility index (Phi) is 5.04. The van der Waals surface area contributed by atoms with Crippen molar-refractivity contribution in [1.82, 2.24) is 10.2 Å². The molecule has 3 nitrogen and oxygen atoms in total. The van der Waals surface area contributed by atoms with Gasteiger partial charge in [0, 0.05) is 48.5 Å². The van der Waals surface area contributed by atoms with Crippen molar-refractivity contribution >= 4 is 17.3 Å². The van der Waals surface area contributed by atoms with E-state index in [0.29, 0.717) is 0 Å². The summed E-state index contributed by atoms with van der Waals surface area (Å²) in [5.41, 5.74) is 2.59. The number of halogens is 1. The highest BCUT2D eigenvalue weighted by atomic mass is 35.5. The van der Waals surface area contributed by atoms with E-state index < -0.39 is 0 Å². The van der Waals surface area contributed by atoms with Crippen LogP contribution in [0.5, 0.6) is 0 Å². The first-order valence-corrected chi connectivity index (χ1v) is 8.64. The topological polar surface area (TPSA) is 18.5 Å². The Morgan fingerprint density at radius 2 is 2.10 bits per heavy atom. The molecule has 1 unspecified atom stereocenters. The van der Waals surface area contributed by atoms with Gasteiger partial charge in [0.1, 0.15) is 0 Å². The lowest BCUT2D eigenvalue weighted by molar-refractivity contribution is 0.273. The number of hydrogen-bond acceptors (Lipinski definition) is 3. The van der Waals surface area contributed by atoms with Gasteiger partial charge in [-0.05, 0) is 44.5 Å². The smallest absolute Gasteiger partial charge is 0.0471 e. The summed E-state index contributed by atoms with van der Waals surface area (Å²) in [6, 6.07) is 7.07. The lowest BCUT2D eigenvalue weighted by Gasteiger charge is -2.29. The molecule has 4 heteroatoms. The molecule has 2 saturated heterocycles. The van der Waals surface area contributed by atoms with Crippen LogP contribution >= 0.6 is 11.6 Å². The fourth-order valence-corrected chi connectivity index (χ4v) is 3.93. The van der Waals surface area contributed by atoms with Crippen LogP contribution in [0.25, 0.3) is 0 Å². The minimum Gasteiger partial charge on any atom is -0.370 e. The van der Waals surface area contributed by atoms with E-state index in [-0.39, 0.29) is 0 Å². The van der Waals surface area contributed by atoms with Crippen LogP contribution in [-0.4, -0.2) is 43.7 Å². The summed E-state index contributed by atoms with van der Waals surface area (Å²) in [6.07, 6.45) is 3.96. The van der Waals surface area contributed by atoms with E-state index in [2.05, 4.69) is 34.2 Å². The van der Waals surface area contributed by atoms with E-state index in [9.17, 15) is 0 Å². The van der Waals surface area contributed by atoms with Crippen LogP contribution in [0, 0.1) is 0 Å². The summed E-state index contributed by atoms with van der Waals surface area (Å²) < 4.78 is 0. The molecular weight excluding hydrogens is 282 g/mol. The van der Waals surface area contributed by atoms with Gasteiger partial charge in [-0.2, -0.15) is 0 Å². The average Bonchev–Trinajstić information content (AvgIpc) is 2.83. The molecule has 0 bridgehead atoms. The van der Waals surface area contributed by atoms with Gasteiger partial charge in [-0.25, -0.2) is 0 Å². The minimum absolute atomic E-state index is 0.735. The zero-order chi connectivity index (χ0) is 14.7. The van der Waals surface area contributed by atoms with Gasteiger partial charge in [-0.3, -0.25) is 4.90 Å². The van der Waals surface area contributed by atoms with Gasteiger partial charge in [0.15, 0.2) is 0 Å². The number of fused-ring (bicyclic) bond motifs is 1. The molecule has 1 aromatic carbocycles. The highest BCUT2D eigenvalue weighted by Crippen LogP contribution is 2.31. The zero-order valence-corrected chi connectivity index (χ0v) is 13.7. The molecular formula is C17H26ClN3.